The van der Waals surface area contributed by atoms with Gasteiger partial charge in [0.1, 0.15) is 0 Å². The van der Waals surface area contributed by atoms with E-state index in [0.29, 0.717) is 4.90 Å². The lowest BCUT2D eigenvalue weighted by atomic mass is 9.95. The lowest BCUT2D eigenvalue weighted by Gasteiger charge is -2.21. The predicted molar refractivity (Wildman–Crippen MR) is 95.3 cm³/mol. The van der Waals surface area contributed by atoms with Gasteiger partial charge < -0.3 is 0 Å². The molecule has 0 aliphatic heterocycles. The number of rotatable bonds is 4. The van der Waals surface area contributed by atoms with Crippen LogP contribution in [0.3, 0.4) is 0 Å². The fourth-order valence-corrected chi connectivity index (χ4v) is 4.80. The highest BCUT2D eigenvalue weighted by atomic mass is 32.2. The summed E-state index contributed by atoms with van der Waals surface area (Å²) < 4.78 is 28.7. The Morgan fingerprint density at radius 3 is 1.70 bits per heavy atom. The van der Waals surface area contributed by atoms with Gasteiger partial charge in [-0.2, -0.15) is 0 Å². The fraction of sp³-hybridized carbons (Fsp3) is 0.368. The molecule has 2 aromatic rings. The van der Waals surface area contributed by atoms with Crippen molar-refractivity contribution in [2.45, 2.75) is 52.5 Å². The lowest BCUT2D eigenvalue weighted by molar-refractivity contribution is 0.565. The van der Waals surface area contributed by atoms with Gasteiger partial charge in [-0.1, -0.05) is 30.3 Å². The van der Waals surface area contributed by atoms with Crippen LogP contribution in [-0.4, -0.2) is 8.42 Å². The summed E-state index contributed by atoms with van der Waals surface area (Å²) in [5.41, 5.74) is 5.86. The molecule has 0 radical (unpaired) electrons. The standard InChI is InChI=1S/C19H25NO2S/c1-12-13(2)15(4)19(16(5)14(12)3)23(21,22)20-17(6)18-10-8-7-9-11-18/h7-11,17,20H,1-6H3. The summed E-state index contributed by atoms with van der Waals surface area (Å²) >= 11 is 0. The van der Waals surface area contributed by atoms with E-state index in [1.54, 1.807) is 0 Å². The first-order valence-electron chi connectivity index (χ1n) is 7.81. The first-order valence-corrected chi connectivity index (χ1v) is 9.29. The largest absolute Gasteiger partial charge is 0.241 e. The van der Waals surface area contributed by atoms with Gasteiger partial charge in [0.25, 0.3) is 0 Å². The first kappa shape index (κ1) is 17.7. The molecule has 23 heavy (non-hydrogen) atoms. The maximum absolute atomic E-state index is 13.0. The van der Waals surface area contributed by atoms with Crippen LogP contribution in [0.2, 0.25) is 0 Å². The molecule has 0 fully saturated rings. The average molecular weight is 331 g/mol. The summed E-state index contributed by atoms with van der Waals surface area (Å²) in [6.45, 7) is 11.6. The van der Waals surface area contributed by atoms with E-state index < -0.39 is 10.0 Å². The van der Waals surface area contributed by atoms with E-state index >= 15 is 0 Å². The second-order valence-corrected chi connectivity index (χ2v) is 7.86. The second-order valence-electron chi connectivity index (χ2n) is 6.21. The van der Waals surface area contributed by atoms with Gasteiger partial charge in [-0.15, -0.1) is 0 Å². The van der Waals surface area contributed by atoms with E-state index in [2.05, 4.69) is 4.72 Å². The predicted octanol–water partition coefficient (Wildman–Crippen LogP) is 4.27. The van der Waals surface area contributed by atoms with Crippen LogP contribution in [0.15, 0.2) is 35.2 Å². The van der Waals surface area contributed by atoms with Gasteiger partial charge in [-0.25, -0.2) is 13.1 Å². The summed E-state index contributed by atoms with van der Waals surface area (Å²) in [5, 5.41) is 0. The van der Waals surface area contributed by atoms with Gasteiger partial charge in [0, 0.05) is 6.04 Å². The van der Waals surface area contributed by atoms with Crippen molar-refractivity contribution in [2.75, 3.05) is 0 Å². The monoisotopic (exact) mass is 331 g/mol. The molecular formula is C19H25NO2S. The van der Waals surface area contributed by atoms with E-state index in [1.165, 1.54) is 0 Å². The van der Waals surface area contributed by atoms with Crippen molar-refractivity contribution in [3.63, 3.8) is 0 Å². The Hall–Kier alpha value is -1.65. The maximum atomic E-state index is 13.0. The van der Waals surface area contributed by atoms with Crippen LogP contribution in [-0.2, 0) is 10.0 Å². The van der Waals surface area contributed by atoms with Crippen molar-refractivity contribution in [2.24, 2.45) is 0 Å². The normalized spacial score (nSPS) is 13.1. The highest BCUT2D eigenvalue weighted by Gasteiger charge is 2.25. The van der Waals surface area contributed by atoms with E-state index in [0.717, 1.165) is 33.4 Å². The fourth-order valence-electron chi connectivity index (χ4n) is 2.97. The van der Waals surface area contributed by atoms with Crippen molar-refractivity contribution in [3.8, 4) is 0 Å². The van der Waals surface area contributed by atoms with Crippen LogP contribution in [0.5, 0.6) is 0 Å². The SMILES string of the molecule is Cc1c(C)c(C)c(S(=O)(=O)NC(C)c2ccccc2)c(C)c1C. The Kier molecular flexibility index (Phi) is 4.97. The van der Waals surface area contributed by atoms with Crippen molar-refractivity contribution in [1.29, 1.82) is 0 Å². The van der Waals surface area contributed by atoms with Crippen molar-refractivity contribution >= 4 is 10.0 Å². The van der Waals surface area contributed by atoms with Crippen molar-refractivity contribution in [3.05, 3.63) is 63.7 Å². The van der Waals surface area contributed by atoms with Crippen LogP contribution < -0.4 is 4.72 Å². The number of benzene rings is 2. The zero-order valence-corrected chi connectivity index (χ0v) is 15.5. The third-order valence-corrected chi connectivity index (χ3v) is 6.65. The summed E-state index contributed by atoms with van der Waals surface area (Å²) in [6, 6.07) is 9.33. The van der Waals surface area contributed by atoms with Crippen molar-refractivity contribution in [1.82, 2.24) is 4.72 Å². The molecule has 0 amide bonds. The highest BCUT2D eigenvalue weighted by molar-refractivity contribution is 7.89. The molecule has 0 aromatic heterocycles. The molecule has 2 rings (SSSR count). The van der Waals surface area contributed by atoms with E-state index in [4.69, 9.17) is 0 Å². The minimum Gasteiger partial charge on any atom is -0.207 e. The van der Waals surface area contributed by atoms with Crippen LogP contribution >= 0.6 is 0 Å². The maximum Gasteiger partial charge on any atom is 0.241 e. The minimum absolute atomic E-state index is 0.276. The summed E-state index contributed by atoms with van der Waals surface area (Å²) in [7, 11) is -3.58. The Morgan fingerprint density at radius 1 is 0.783 bits per heavy atom. The minimum atomic E-state index is -3.58. The zero-order valence-electron chi connectivity index (χ0n) is 14.7. The second kappa shape index (κ2) is 6.46. The molecule has 4 heteroatoms. The van der Waals surface area contributed by atoms with Crippen LogP contribution in [0.1, 0.15) is 46.3 Å². The van der Waals surface area contributed by atoms with E-state index in [-0.39, 0.29) is 6.04 Å². The molecule has 0 spiro atoms. The third-order valence-electron chi connectivity index (χ3n) is 4.83. The first-order chi connectivity index (χ1) is 10.7. The van der Waals surface area contributed by atoms with Crippen LogP contribution in [0.4, 0.5) is 0 Å². The lowest BCUT2D eigenvalue weighted by Crippen LogP contribution is -2.28. The summed E-state index contributed by atoms with van der Waals surface area (Å²) in [5.74, 6) is 0. The Labute approximate surface area is 139 Å². The van der Waals surface area contributed by atoms with Gasteiger partial charge in [0.2, 0.25) is 10.0 Å². The molecule has 0 aliphatic rings. The third kappa shape index (κ3) is 3.33. The molecule has 0 saturated carbocycles. The van der Waals surface area contributed by atoms with Gasteiger partial charge in [0.05, 0.1) is 4.90 Å². The molecule has 1 atom stereocenters. The molecule has 2 aromatic carbocycles. The number of hydrogen-bond acceptors (Lipinski definition) is 2. The molecule has 0 aliphatic carbocycles. The molecule has 124 valence electrons. The average Bonchev–Trinajstić information content (AvgIpc) is 2.51. The smallest absolute Gasteiger partial charge is 0.207 e. The molecule has 1 unspecified atom stereocenters. The van der Waals surface area contributed by atoms with Crippen LogP contribution in [0.25, 0.3) is 0 Å². The Bertz CT molecular complexity index is 795. The molecule has 3 nitrogen and oxygen atoms in total. The zero-order chi connectivity index (χ0) is 17.4. The molecule has 0 heterocycles. The van der Waals surface area contributed by atoms with Gasteiger partial charge in [-0.05, 0) is 74.9 Å². The van der Waals surface area contributed by atoms with Crippen LogP contribution in [0, 0.1) is 34.6 Å². The van der Waals surface area contributed by atoms with Gasteiger partial charge in [-0.3, -0.25) is 0 Å². The topological polar surface area (TPSA) is 46.2 Å². The van der Waals surface area contributed by atoms with Gasteiger partial charge >= 0.3 is 0 Å². The number of sulfonamides is 1. The van der Waals surface area contributed by atoms with E-state index in [9.17, 15) is 8.42 Å². The van der Waals surface area contributed by atoms with Gasteiger partial charge in [0.15, 0.2) is 0 Å². The summed E-state index contributed by atoms with van der Waals surface area (Å²) in [6.07, 6.45) is 0. The highest BCUT2D eigenvalue weighted by Crippen LogP contribution is 2.30. The number of nitrogens with one attached hydrogen (secondary N) is 1. The Morgan fingerprint density at radius 2 is 1.22 bits per heavy atom. The Balaban J connectivity index is 2.49. The molecule has 0 bridgehead atoms. The summed E-state index contributed by atoms with van der Waals surface area (Å²) in [4.78, 5) is 0.417. The molecule has 0 saturated heterocycles. The quantitative estimate of drug-likeness (QED) is 0.909. The van der Waals surface area contributed by atoms with Crippen molar-refractivity contribution < 1.29 is 8.42 Å². The van der Waals surface area contributed by atoms with E-state index in [1.807, 2.05) is 71.9 Å². The number of hydrogen-bond donors (Lipinski definition) is 1. The molecule has 1 N–H and O–H groups in total. The molecular weight excluding hydrogens is 306 g/mol.